The molecule has 6 heteroatoms. The largest absolute Gasteiger partial charge is 0.481 e. The van der Waals surface area contributed by atoms with Crippen molar-refractivity contribution in [3.63, 3.8) is 0 Å². The van der Waals surface area contributed by atoms with Crippen molar-refractivity contribution in [1.82, 2.24) is 10.2 Å². The maximum absolute atomic E-state index is 11.9. The molecule has 2 N–H and O–H groups in total. The second-order valence-corrected chi connectivity index (χ2v) is 5.09. The molecule has 6 nitrogen and oxygen atoms in total. The molecular formula is C13H26N2O4. The van der Waals surface area contributed by atoms with Crippen LogP contribution in [0, 0.1) is 11.8 Å². The molecule has 19 heavy (non-hydrogen) atoms. The summed E-state index contributed by atoms with van der Waals surface area (Å²) in [5.41, 5.74) is 0. The molecule has 112 valence electrons. The second kappa shape index (κ2) is 9.61. The molecule has 0 spiro atoms. The molecule has 1 atom stereocenters. The zero-order valence-corrected chi connectivity index (χ0v) is 12.3. The summed E-state index contributed by atoms with van der Waals surface area (Å²) >= 11 is 0. The van der Waals surface area contributed by atoms with E-state index in [0.717, 1.165) is 0 Å². The number of carbonyl (C=O) groups excluding carboxylic acids is 1. The summed E-state index contributed by atoms with van der Waals surface area (Å²) in [5, 5.41) is 11.5. The van der Waals surface area contributed by atoms with E-state index in [9.17, 15) is 9.59 Å². The van der Waals surface area contributed by atoms with Crippen molar-refractivity contribution in [2.24, 2.45) is 11.8 Å². The Bertz CT molecular complexity index is 282. The van der Waals surface area contributed by atoms with E-state index in [-0.39, 0.29) is 6.03 Å². The van der Waals surface area contributed by atoms with Crippen molar-refractivity contribution in [3.05, 3.63) is 0 Å². The average Bonchev–Trinajstić information content (AvgIpc) is 2.33. The number of hydrogen-bond donors (Lipinski definition) is 2. The quantitative estimate of drug-likeness (QED) is 0.666. The molecule has 2 amide bonds. The number of carbonyl (C=O) groups is 2. The molecule has 0 bridgehead atoms. The second-order valence-electron chi connectivity index (χ2n) is 5.09. The maximum Gasteiger partial charge on any atom is 0.317 e. The summed E-state index contributed by atoms with van der Waals surface area (Å²) in [4.78, 5) is 24.3. The van der Waals surface area contributed by atoms with Crippen molar-refractivity contribution in [1.29, 1.82) is 0 Å². The van der Waals surface area contributed by atoms with Crippen LogP contribution >= 0.6 is 0 Å². The molecule has 0 aromatic heterocycles. The molecule has 0 aromatic rings. The van der Waals surface area contributed by atoms with Crippen LogP contribution in [-0.4, -0.2) is 55.4 Å². The highest BCUT2D eigenvalue weighted by molar-refractivity contribution is 5.74. The van der Waals surface area contributed by atoms with E-state index in [1.165, 1.54) is 0 Å². The number of nitrogens with one attached hydrogen (secondary N) is 1. The van der Waals surface area contributed by atoms with Crippen LogP contribution in [0.4, 0.5) is 4.79 Å². The Hall–Kier alpha value is -1.30. The third-order valence-corrected chi connectivity index (χ3v) is 2.71. The predicted molar refractivity (Wildman–Crippen MR) is 73.1 cm³/mol. The number of carboxylic acid groups (broad SMARTS) is 1. The fourth-order valence-corrected chi connectivity index (χ4v) is 1.55. The lowest BCUT2D eigenvalue weighted by Gasteiger charge is -2.24. The predicted octanol–water partition coefficient (Wildman–Crippen LogP) is 1.41. The van der Waals surface area contributed by atoms with Crippen molar-refractivity contribution in [3.8, 4) is 0 Å². The maximum atomic E-state index is 11.9. The van der Waals surface area contributed by atoms with Gasteiger partial charge in [-0.25, -0.2) is 4.79 Å². The third kappa shape index (κ3) is 8.42. The van der Waals surface area contributed by atoms with Gasteiger partial charge in [-0.2, -0.15) is 0 Å². The molecule has 0 fully saturated rings. The molecule has 0 saturated heterocycles. The van der Waals surface area contributed by atoms with Gasteiger partial charge >= 0.3 is 12.0 Å². The van der Waals surface area contributed by atoms with E-state index in [4.69, 9.17) is 9.84 Å². The van der Waals surface area contributed by atoms with E-state index in [2.05, 4.69) is 5.32 Å². The molecule has 0 saturated carbocycles. The molecule has 0 aliphatic carbocycles. The number of methoxy groups -OCH3 is 1. The SMILES string of the molecule is COCCN(CC(C)C)C(=O)NCCC(C)C(=O)O. The molecule has 0 aliphatic heterocycles. The van der Waals surface area contributed by atoms with Crippen molar-refractivity contribution in [2.45, 2.75) is 27.2 Å². The van der Waals surface area contributed by atoms with Gasteiger partial charge in [0, 0.05) is 26.7 Å². The van der Waals surface area contributed by atoms with E-state index in [1.54, 1.807) is 18.9 Å². The molecule has 0 rings (SSSR count). The summed E-state index contributed by atoms with van der Waals surface area (Å²) in [7, 11) is 1.60. The first kappa shape index (κ1) is 17.7. The number of aliphatic carboxylic acids is 1. The fourth-order valence-electron chi connectivity index (χ4n) is 1.55. The molecule has 0 heterocycles. The molecular weight excluding hydrogens is 248 g/mol. The zero-order valence-electron chi connectivity index (χ0n) is 12.3. The van der Waals surface area contributed by atoms with Crippen LogP contribution in [0.15, 0.2) is 0 Å². The summed E-state index contributed by atoms with van der Waals surface area (Å²) in [6.45, 7) is 7.77. The Morgan fingerprint density at radius 1 is 1.32 bits per heavy atom. The molecule has 0 aromatic carbocycles. The summed E-state index contributed by atoms with van der Waals surface area (Å²) < 4.78 is 4.98. The number of carboxylic acids is 1. The van der Waals surface area contributed by atoms with Crippen LogP contribution in [0.2, 0.25) is 0 Å². The van der Waals surface area contributed by atoms with Gasteiger partial charge in [0.2, 0.25) is 0 Å². The standard InChI is InChI=1S/C13H26N2O4/c1-10(2)9-15(7-8-19-4)13(18)14-6-5-11(3)12(16)17/h10-11H,5-9H2,1-4H3,(H,14,18)(H,16,17). The van der Waals surface area contributed by atoms with Crippen LogP contribution in [0.1, 0.15) is 27.2 Å². The highest BCUT2D eigenvalue weighted by Crippen LogP contribution is 2.02. The molecule has 0 radical (unpaired) electrons. The highest BCUT2D eigenvalue weighted by atomic mass is 16.5. The van der Waals surface area contributed by atoms with Crippen LogP contribution < -0.4 is 5.32 Å². The van der Waals surface area contributed by atoms with E-state index in [0.29, 0.717) is 38.6 Å². The Morgan fingerprint density at radius 2 is 1.95 bits per heavy atom. The number of rotatable bonds is 9. The van der Waals surface area contributed by atoms with Gasteiger partial charge in [0.1, 0.15) is 0 Å². The monoisotopic (exact) mass is 274 g/mol. The smallest absolute Gasteiger partial charge is 0.317 e. The minimum Gasteiger partial charge on any atom is -0.481 e. The summed E-state index contributed by atoms with van der Waals surface area (Å²) in [6.07, 6.45) is 0.431. The Labute approximate surface area is 115 Å². The summed E-state index contributed by atoms with van der Waals surface area (Å²) in [5.74, 6) is -0.911. The number of amides is 2. The van der Waals surface area contributed by atoms with Gasteiger partial charge in [-0.05, 0) is 12.3 Å². The number of hydrogen-bond acceptors (Lipinski definition) is 3. The highest BCUT2D eigenvalue weighted by Gasteiger charge is 2.15. The van der Waals surface area contributed by atoms with Crippen LogP contribution in [0.5, 0.6) is 0 Å². The van der Waals surface area contributed by atoms with Crippen LogP contribution in [-0.2, 0) is 9.53 Å². The molecule has 1 unspecified atom stereocenters. The third-order valence-electron chi connectivity index (χ3n) is 2.71. The van der Waals surface area contributed by atoms with Gasteiger partial charge in [0.15, 0.2) is 0 Å². The fraction of sp³-hybridized carbons (Fsp3) is 0.846. The normalized spacial score (nSPS) is 12.3. The Kier molecular flexibility index (Phi) is 8.95. The van der Waals surface area contributed by atoms with Crippen LogP contribution in [0.25, 0.3) is 0 Å². The average molecular weight is 274 g/mol. The number of ether oxygens (including phenoxy) is 1. The first-order valence-electron chi connectivity index (χ1n) is 6.63. The van der Waals surface area contributed by atoms with E-state index < -0.39 is 11.9 Å². The van der Waals surface area contributed by atoms with Gasteiger partial charge in [0.25, 0.3) is 0 Å². The van der Waals surface area contributed by atoms with Gasteiger partial charge in [-0.1, -0.05) is 20.8 Å². The lowest BCUT2D eigenvalue weighted by atomic mass is 10.1. The van der Waals surface area contributed by atoms with E-state index in [1.807, 2.05) is 13.8 Å². The number of urea groups is 1. The van der Waals surface area contributed by atoms with Crippen LogP contribution in [0.3, 0.4) is 0 Å². The van der Waals surface area contributed by atoms with Crippen molar-refractivity contribution < 1.29 is 19.4 Å². The minimum atomic E-state index is -0.840. The zero-order chi connectivity index (χ0) is 14.8. The Balaban J connectivity index is 4.12. The van der Waals surface area contributed by atoms with Crippen molar-refractivity contribution >= 4 is 12.0 Å². The van der Waals surface area contributed by atoms with Crippen molar-refractivity contribution in [2.75, 3.05) is 33.4 Å². The minimum absolute atomic E-state index is 0.164. The van der Waals surface area contributed by atoms with E-state index >= 15 is 0 Å². The molecule has 0 aliphatic rings. The first-order valence-corrected chi connectivity index (χ1v) is 6.63. The van der Waals surface area contributed by atoms with Gasteiger partial charge in [0.05, 0.1) is 12.5 Å². The lowest BCUT2D eigenvalue weighted by molar-refractivity contribution is -0.141. The van der Waals surface area contributed by atoms with Gasteiger partial charge < -0.3 is 20.1 Å². The van der Waals surface area contributed by atoms with Gasteiger partial charge in [-0.15, -0.1) is 0 Å². The summed E-state index contributed by atoms with van der Waals surface area (Å²) in [6, 6.07) is -0.164. The first-order chi connectivity index (χ1) is 8.88. The number of nitrogens with zero attached hydrogens (tertiary/aromatic N) is 1. The topological polar surface area (TPSA) is 78.9 Å². The lowest BCUT2D eigenvalue weighted by Crippen LogP contribution is -2.44. The Morgan fingerprint density at radius 3 is 2.42 bits per heavy atom. The van der Waals surface area contributed by atoms with Gasteiger partial charge in [-0.3, -0.25) is 4.79 Å².